The van der Waals surface area contributed by atoms with Gasteiger partial charge in [-0.25, -0.2) is 0 Å². The molecule has 1 aromatic rings. The number of amides is 1. The van der Waals surface area contributed by atoms with Crippen molar-refractivity contribution in [3.63, 3.8) is 0 Å². The maximum Gasteiger partial charge on any atom is 0.221 e. The number of carbonyl (C=O) groups excluding carboxylic acids is 1. The molecule has 3 aliphatic rings. The third-order valence-corrected chi connectivity index (χ3v) is 6.86. The van der Waals surface area contributed by atoms with Gasteiger partial charge in [0.1, 0.15) is 0 Å². The molecule has 0 aromatic heterocycles. The van der Waals surface area contributed by atoms with Crippen molar-refractivity contribution in [3.8, 4) is 0 Å². The molecule has 4 rings (SSSR count). The van der Waals surface area contributed by atoms with Crippen LogP contribution in [0.15, 0.2) is 30.3 Å². The molecule has 3 fully saturated rings. The Bertz CT molecular complexity index is 605. The molecule has 1 aromatic carbocycles. The second-order valence-corrected chi connectivity index (χ2v) is 8.74. The summed E-state index contributed by atoms with van der Waals surface area (Å²) in [5.41, 5.74) is 2.00. The molecular weight excluding hydrogens is 322 g/mol. The van der Waals surface area contributed by atoms with E-state index < -0.39 is 0 Å². The first-order valence-corrected chi connectivity index (χ1v) is 10.4. The molecule has 2 aliphatic heterocycles. The van der Waals surface area contributed by atoms with Gasteiger partial charge in [0, 0.05) is 39.1 Å². The van der Waals surface area contributed by atoms with Gasteiger partial charge in [-0.3, -0.25) is 9.69 Å². The van der Waals surface area contributed by atoms with Gasteiger partial charge in [0.05, 0.1) is 0 Å². The second-order valence-electron chi connectivity index (χ2n) is 8.74. The van der Waals surface area contributed by atoms with Crippen LogP contribution in [0.3, 0.4) is 0 Å². The Kier molecular flexibility index (Phi) is 5.32. The molecule has 1 N–H and O–H groups in total. The van der Waals surface area contributed by atoms with Gasteiger partial charge in [-0.1, -0.05) is 30.3 Å². The Morgan fingerprint density at radius 1 is 1.19 bits per heavy atom. The lowest BCUT2D eigenvalue weighted by molar-refractivity contribution is -0.121. The van der Waals surface area contributed by atoms with E-state index in [1.165, 1.54) is 50.8 Å². The third-order valence-electron chi connectivity index (χ3n) is 6.86. The number of nitrogens with zero attached hydrogens (tertiary/aromatic N) is 2. The molecule has 0 radical (unpaired) electrons. The fourth-order valence-electron chi connectivity index (χ4n) is 5.09. The fraction of sp³-hybridized carbons (Fsp3) is 0.682. The molecule has 2 saturated heterocycles. The van der Waals surface area contributed by atoms with Gasteiger partial charge >= 0.3 is 0 Å². The summed E-state index contributed by atoms with van der Waals surface area (Å²) >= 11 is 0. The molecule has 4 heteroatoms. The van der Waals surface area contributed by atoms with Crippen LogP contribution >= 0.6 is 0 Å². The molecular formula is C22H33N3O. The molecule has 142 valence electrons. The molecule has 26 heavy (non-hydrogen) atoms. The van der Waals surface area contributed by atoms with Crippen molar-refractivity contribution in [1.29, 1.82) is 0 Å². The summed E-state index contributed by atoms with van der Waals surface area (Å²) in [6.45, 7) is 5.75. The minimum absolute atomic E-state index is 0.159. The third kappa shape index (κ3) is 4.12. The lowest BCUT2D eigenvalue weighted by Gasteiger charge is -2.50. The lowest BCUT2D eigenvalue weighted by atomic mass is 9.68. The Balaban J connectivity index is 1.41. The van der Waals surface area contributed by atoms with Crippen LogP contribution < -0.4 is 5.32 Å². The largest absolute Gasteiger partial charge is 0.359 e. The van der Waals surface area contributed by atoms with Crippen LogP contribution in [0, 0.1) is 5.41 Å². The van der Waals surface area contributed by atoms with Crippen LogP contribution in [-0.2, 0) is 4.79 Å². The quantitative estimate of drug-likeness (QED) is 0.882. The van der Waals surface area contributed by atoms with Gasteiger partial charge in [-0.2, -0.15) is 0 Å². The van der Waals surface area contributed by atoms with E-state index in [-0.39, 0.29) is 5.91 Å². The molecule has 1 unspecified atom stereocenters. The first kappa shape index (κ1) is 18.0. The number of carbonyl (C=O) groups is 1. The molecule has 0 bridgehead atoms. The van der Waals surface area contributed by atoms with E-state index >= 15 is 0 Å². The summed E-state index contributed by atoms with van der Waals surface area (Å²) in [6, 6.07) is 12.0. The predicted octanol–water partition coefficient (Wildman–Crippen LogP) is 2.86. The number of benzene rings is 1. The van der Waals surface area contributed by atoms with Crippen LogP contribution in [0.5, 0.6) is 0 Å². The number of likely N-dealkylation sites (tertiary alicyclic amines) is 2. The Labute approximate surface area is 157 Å². The topological polar surface area (TPSA) is 35.6 Å². The van der Waals surface area contributed by atoms with E-state index in [9.17, 15) is 4.79 Å². The van der Waals surface area contributed by atoms with Crippen molar-refractivity contribution in [2.45, 2.75) is 50.5 Å². The molecule has 4 nitrogen and oxygen atoms in total. The van der Waals surface area contributed by atoms with Crippen molar-refractivity contribution in [2.24, 2.45) is 5.41 Å². The van der Waals surface area contributed by atoms with Crippen molar-refractivity contribution in [3.05, 3.63) is 35.9 Å². The fourth-order valence-corrected chi connectivity index (χ4v) is 5.09. The van der Waals surface area contributed by atoms with E-state index in [0.717, 1.165) is 25.7 Å². The average Bonchev–Trinajstić information content (AvgIpc) is 3.53. The van der Waals surface area contributed by atoms with Gasteiger partial charge in [-0.15, -0.1) is 0 Å². The van der Waals surface area contributed by atoms with Crippen LogP contribution in [-0.4, -0.2) is 61.5 Å². The summed E-state index contributed by atoms with van der Waals surface area (Å²) < 4.78 is 0. The summed E-state index contributed by atoms with van der Waals surface area (Å²) in [5, 5.41) is 2.74. The van der Waals surface area contributed by atoms with Crippen LogP contribution in [0.2, 0.25) is 0 Å². The van der Waals surface area contributed by atoms with Crippen molar-refractivity contribution in [2.75, 3.05) is 39.8 Å². The molecule has 1 aliphatic carbocycles. The first-order valence-electron chi connectivity index (χ1n) is 10.4. The molecule has 1 spiro atoms. The maximum atomic E-state index is 11.5. The molecule has 1 atom stereocenters. The zero-order chi connectivity index (χ0) is 18.0. The normalized spacial score (nSPS) is 26.7. The highest BCUT2D eigenvalue weighted by Crippen LogP contribution is 2.47. The van der Waals surface area contributed by atoms with E-state index in [0.29, 0.717) is 17.8 Å². The summed E-state index contributed by atoms with van der Waals surface area (Å²) in [6.07, 6.45) is 7.33. The van der Waals surface area contributed by atoms with Gasteiger partial charge in [0.2, 0.25) is 5.91 Å². The standard InChI is InChI=1S/C22H33N3O/c1-23-21(26)9-12-24-13-10-22(11-14-24)15-19(18-5-3-2-4-6-18)16-25(17-22)20-7-8-20/h2-6,19-20H,7-17H2,1H3,(H,23,26). The van der Waals surface area contributed by atoms with E-state index in [1.807, 2.05) is 0 Å². The number of rotatable bonds is 5. The van der Waals surface area contributed by atoms with Crippen molar-refractivity contribution < 1.29 is 4.79 Å². The summed E-state index contributed by atoms with van der Waals surface area (Å²) in [4.78, 5) is 16.8. The Morgan fingerprint density at radius 2 is 1.92 bits per heavy atom. The second kappa shape index (κ2) is 7.69. The first-order chi connectivity index (χ1) is 12.7. The average molecular weight is 356 g/mol. The number of hydrogen-bond donors (Lipinski definition) is 1. The molecule has 2 heterocycles. The maximum absolute atomic E-state index is 11.5. The number of hydrogen-bond acceptors (Lipinski definition) is 3. The minimum Gasteiger partial charge on any atom is -0.359 e. The zero-order valence-electron chi connectivity index (χ0n) is 16.1. The summed E-state index contributed by atoms with van der Waals surface area (Å²) in [5.74, 6) is 0.843. The van der Waals surface area contributed by atoms with Crippen LogP contribution in [0.4, 0.5) is 0 Å². The van der Waals surface area contributed by atoms with E-state index in [1.54, 1.807) is 7.05 Å². The highest BCUT2D eigenvalue weighted by Gasteiger charge is 2.45. The lowest BCUT2D eigenvalue weighted by Crippen LogP contribution is -2.52. The Hall–Kier alpha value is -1.39. The number of piperidine rings is 2. The highest BCUT2D eigenvalue weighted by molar-refractivity contribution is 5.75. The van der Waals surface area contributed by atoms with Crippen molar-refractivity contribution in [1.82, 2.24) is 15.1 Å². The van der Waals surface area contributed by atoms with Crippen molar-refractivity contribution >= 4 is 5.91 Å². The van der Waals surface area contributed by atoms with Gasteiger partial charge < -0.3 is 10.2 Å². The smallest absolute Gasteiger partial charge is 0.221 e. The minimum atomic E-state index is 0.159. The predicted molar refractivity (Wildman–Crippen MR) is 105 cm³/mol. The van der Waals surface area contributed by atoms with E-state index in [2.05, 4.69) is 45.4 Å². The zero-order valence-corrected chi connectivity index (χ0v) is 16.1. The molecule has 1 amide bonds. The monoisotopic (exact) mass is 355 g/mol. The number of nitrogens with one attached hydrogen (secondary N) is 1. The SMILES string of the molecule is CNC(=O)CCN1CCC2(CC1)CC(c1ccccc1)CN(C1CC1)C2. The van der Waals surface area contributed by atoms with E-state index in [4.69, 9.17) is 0 Å². The van der Waals surface area contributed by atoms with Gasteiger partial charge in [0.15, 0.2) is 0 Å². The van der Waals surface area contributed by atoms with Gasteiger partial charge in [0.25, 0.3) is 0 Å². The summed E-state index contributed by atoms with van der Waals surface area (Å²) in [7, 11) is 1.73. The molecule has 1 saturated carbocycles. The van der Waals surface area contributed by atoms with Crippen LogP contribution in [0.25, 0.3) is 0 Å². The van der Waals surface area contributed by atoms with Crippen LogP contribution in [0.1, 0.15) is 50.0 Å². The highest BCUT2D eigenvalue weighted by atomic mass is 16.1. The van der Waals surface area contributed by atoms with Gasteiger partial charge in [-0.05, 0) is 62.1 Å². The Morgan fingerprint density at radius 3 is 2.58 bits per heavy atom.